The largest absolute Gasteiger partial charge is 0.325 e. The zero-order valence-electron chi connectivity index (χ0n) is 11.4. The molecule has 0 fully saturated rings. The Morgan fingerprint density at radius 3 is 2.55 bits per heavy atom. The normalized spacial score (nSPS) is 15.0. The molecule has 1 unspecified atom stereocenters. The Bertz CT molecular complexity index is 581. The van der Waals surface area contributed by atoms with Crippen LogP contribution in [0.15, 0.2) is 18.2 Å². The summed E-state index contributed by atoms with van der Waals surface area (Å²) < 4.78 is 0. The number of hydrogen-bond donors (Lipinski definition) is 3. The summed E-state index contributed by atoms with van der Waals surface area (Å²) in [5.74, 6) is -0.852. The molecule has 1 aliphatic rings. The summed E-state index contributed by atoms with van der Waals surface area (Å²) in [5, 5.41) is 4.85. The molecule has 6 heteroatoms. The second-order valence-electron chi connectivity index (χ2n) is 5.27. The molecular weight excluding hydrogens is 258 g/mol. The van der Waals surface area contributed by atoms with Crippen molar-refractivity contribution in [1.29, 1.82) is 0 Å². The van der Waals surface area contributed by atoms with Gasteiger partial charge in [-0.1, -0.05) is 13.8 Å². The number of imide groups is 1. The van der Waals surface area contributed by atoms with Gasteiger partial charge in [0.1, 0.15) is 0 Å². The molecule has 1 atom stereocenters. The van der Waals surface area contributed by atoms with Gasteiger partial charge in [-0.15, -0.1) is 0 Å². The molecule has 0 saturated heterocycles. The van der Waals surface area contributed by atoms with Gasteiger partial charge in [0.25, 0.3) is 11.8 Å². The summed E-state index contributed by atoms with van der Waals surface area (Å²) in [4.78, 5) is 34.8. The third-order valence-electron chi connectivity index (χ3n) is 3.07. The first-order valence-corrected chi connectivity index (χ1v) is 6.44. The lowest BCUT2D eigenvalue weighted by Crippen LogP contribution is -2.36. The van der Waals surface area contributed by atoms with Crippen molar-refractivity contribution in [3.8, 4) is 0 Å². The van der Waals surface area contributed by atoms with E-state index in [0.717, 1.165) is 0 Å². The molecule has 3 amide bonds. The molecule has 1 aromatic rings. The summed E-state index contributed by atoms with van der Waals surface area (Å²) in [5.41, 5.74) is 6.83. The molecule has 2 rings (SSSR count). The van der Waals surface area contributed by atoms with Crippen molar-refractivity contribution in [2.24, 2.45) is 11.7 Å². The number of carbonyl (C=O) groups excluding carboxylic acids is 3. The Kier molecular flexibility index (Phi) is 3.85. The van der Waals surface area contributed by atoms with Crippen LogP contribution in [0.3, 0.4) is 0 Å². The Hall–Kier alpha value is -2.21. The van der Waals surface area contributed by atoms with Crippen LogP contribution in [0.4, 0.5) is 5.69 Å². The number of benzene rings is 1. The maximum atomic E-state index is 11.9. The first-order valence-electron chi connectivity index (χ1n) is 6.44. The van der Waals surface area contributed by atoms with Gasteiger partial charge >= 0.3 is 0 Å². The molecule has 0 aliphatic carbocycles. The average Bonchev–Trinajstić information content (AvgIpc) is 2.64. The highest BCUT2D eigenvalue weighted by Crippen LogP contribution is 2.20. The highest BCUT2D eigenvalue weighted by atomic mass is 16.2. The minimum Gasteiger partial charge on any atom is -0.325 e. The van der Waals surface area contributed by atoms with Gasteiger partial charge in [-0.3, -0.25) is 19.7 Å². The van der Waals surface area contributed by atoms with Gasteiger partial charge in [0.15, 0.2) is 0 Å². The highest BCUT2D eigenvalue weighted by molar-refractivity contribution is 6.22. The third kappa shape index (κ3) is 2.85. The smallest absolute Gasteiger partial charge is 0.259 e. The van der Waals surface area contributed by atoms with Gasteiger partial charge in [-0.2, -0.15) is 0 Å². The fourth-order valence-corrected chi connectivity index (χ4v) is 2.10. The summed E-state index contributed by atoms with van der Waals surface area (Å²) in [6, 6.07) is 3.98. The van der Waals surface area contributed by atoms with E-state index >= 15 is 0 Å². The van der Waals surface area contributed by atoms with Crippen molar-refractivity contribution in [2.75, 3.05) is 5.32 Å². The Labute approximate surface area is 116 Å². The zero-order valence-corrected chi connectivity index (χ0v) is 11.4. The SMILES string of the molecule is CC(C)CC(N)C(=O)Nc1ccc2c(c1)C(=O)NC2=O. The second kappa shape index (κ2) is 5.42. The highest BCUT2D eigenvalue weighted by Gasteiger charge is 2.27. The van der Waals surface area contributed by atoms with Gasteiger partial charge in [0.05, 0.1) is 17.2 Å². The number of nitrogens with one attached hydrogen (secondary N) is 2. The lowest BCUT2D eigenvalue weighted by molar-refractivity contribution is -0.117. The van der Waals surface area contributed by atoms with Gasteiger partial charge in [-0.05, 0) is 30.5 Å². The van der Waals surface area contributed by atoms with E-state index in [4.69, 9.17) is 5.73 Å². The van der Waals surface area contributed by atoms with Gasteiger partial charge in [-0.25, -0.2) is 0 Å². The van der Waals surface area contributed by atoms with Crippen LogP contribution < -0.4 is 16.4 Å². The van der Waals surface area contributed by atoms with E-state index < -0.39 is 17.9 Å². The molecule has 4 N–H and O–H groups in total. The number of anilines is 1. The van der Waals surface area contributed by atoms with Gasteiger partial charge < -0.3 is 11.1 Å². The van der Waals surface area contributed by atoms with E-state index in [1.165, 1.54) is 12.1 Å². The summed E-state index contributed by atoms with van der Waals surface area (Å²) >= 11 is 0. The molecule has 0 spiro atoms. The van der Waals surface area contributed by atoms with Crippen molar-refractivity contribution < 1.29 is 14.4 Å². The third-order valence-corrected chi connectivity index (χ3v) is 3.07. The number of nitrogens with two attached hydrogens (primary N) is 1. The van der Waals surface area contributed by atoms with Crippen LogP contribution in [0, 0.1) is 5.92 Å². The quantitative estimate of drug-likeness (QED) is 0.710. The average molecular weight is 275 g/mol. The number of fused-ring (bicyclic) bond motifs is 1. The van der Waals surface area contributed by atoms with Gasteiger partial charge in [0.2, 0.25) is 5.91 Å². The summed E-state index contributed by atoms with van der Waals surface area (Å²) in [6.45, 7) is 3.97. The molecule has 0 saturated carbocycles. The number of amides is 3. The maximum Gasteiger partial charge on any atom is 0.259 e. The lowest BCUT2D eigenvalue weighted by Gasteiger charge is -2.14. The molecule has 1 aromatic carbocycles. The topological polar surface area (TPSA) is 101 Å². The van der Waals surface area contributed by atoms with Crippen LogP contribution >= 0.6 is 0 Å². The van der Waals surface area contributed by atoms with E-state index in [-0.39, 0.29) is 11.5 Å². The van der Waals surface area contributed by atoms with Crippen molar-refractivity contribution in [2.45, 2.75) is 26.3 Å². The Morgan fingerprint density at radius 2 is 1.90 bits per heavy atom. The predicted molar refractivity (Wildman–Crippen MR) is 74.3 cm³/mol. The monoisotopic (exact) mass is 275 g/mol. The van der Waals surface area contributed by atoms with Crippen molar-refractivity contribution in [3.05, 3.63) is 29.3 Å². The zero-order chi connectivity index (χ0) is 14.9. The van der Waals surface area contributed by atoms with E-state index in [1.807, 2.05) is 13.8 Å². The van der Waals surface area contributed by atoms with E-state index in [9.17, 15) is 14.4 Å². The lowest BCUT2D eigenvalue weighted by atomic mass is 10.0. The molecule has 1 heterocycles. The van der Waals surface area contributed by atoms with E-state index in [2.05, 4.69) is 10.6 Å². The second-order valence-corrected chi connectivity index (χ2v) is 5.27. The van der Waals surface area contributed by atoms with Crippen LogP contribution in [0.25, 0.3) is 0 Å². The molecule has 6 nitrogen and oxygen atoms in total. The van der Waals surface area contributed by atoms with Crippen molar-refractivity contribution in [3.63, 3.8) is 0 Å². The molecular formula is C14H17N3O3. The maximum absolute atomic E-state index is 11.9. The van der Waals surface area contributed by atoms with Crippen LogP contribution in [-0.4, -0.2) is 23.8 Å². The number of rotatable bonds is 4. The summed E-state index contributed by atoms with van der Waals surface area (Å²) in [6.07, 6.45) is 0.579. The van der Waals surface area contributed by atoms with Crippen LogP contribution in [0.2, 0.25) is 0 Å². The molecule has 0 bridgehead atoms. The van der Waals surface area contributed by atoms with E-state index in [0.29, 0.717) is 23.6 Å². The first-order chi connectivity index (χ1) is 9.38. The molecule has 20 heavy (non-hydrogen) atoms. The molecule has 1 aliphatic heterocycles. The Morgan fingerprint density at radius 1 is 1.25 bits per heavy atom. The fraction of sp³-hybridized carbons (Fsp3) is 0.357. The van der Waals surface area contributed by atoms with Crippen LogP contribution in [0.5, 0.6) is 0 Å². The molecule has 0 aromatic heterocycles. The van der Waals surface area contributed by atoms with Gasteiger partial charge in [0, 0.05) is 5.69 Å². The summed E-state index contributed by atoms with van der Waals surface area (Å²) in [7, 11) is 0. The van der Waals surface area contributed by atoms with Crippen molar-refractivity contribution >= 4 is 23.4 Å². The Balaban J connectivity index is 2.12. The predicted octanol–water partition coefficient (Wildman–Crippen LogP) is 0.882. The van der Waals surface area contributed by atoms with E-state index in [1.54, 1.807) is 6.07 Å². The number of hydrogen-bond acceptors (Lipinski definition) is 4. The minimum absolute atomic E-state index is 0.269. The minimum atomic E-state index is -0.598. The van der Waals surface area contributed by atoms with Crippen molar-refractivity contribution in [1.82, 2.24) is 5.32 Å². The first kappa shape index (κ1) is 14.2. The molecule has 106 valence electrons. The standard InChI is InChI=1S/C14H17N3O3/c1-7(2)5-11(15)14(20)16-8-3-4-9-10(6-8)13(19)17-12(9)18/h3-4,6-7,11H,5,15H2,1-2H3,(H,16,20)(H,17,18,19). The molecule has 0 radical (unpaired) electrons. The van der Waals surface area contributed by atoms with Crippen LogP contribution in [-0.2, 0) is 4.79 Å². The fourth-order valence-electron chi connectivity index (χ4n) is 2.10. The number of carbonyl (C=O) groups is 3. The van der Waals surface area contributed by atoms with Crippen LogP contribution in [0.1, 0.15) is 41.0 Å².